The fraction of sp³-hybridized carbons (Fsp3) is 0.227. The van der Waals surface area contributed by atoms with Gasteiger partial charge in [0, 0.05) is 6.54 Å². The Balaban J connectivity index is 1.90. The lowest BCUT2D eigenvalue weighted by atomic mass is 10.2. The van der Waals surface area contributed by atoms with E-state index >= 15 is 0 Å². The topological polar surface area (TPSA) is 77.4 Å². The second kappa shape index (κ2) is 10.8. The molecule has 0 bridgehead atoms. The second-order valence-electron chi connectivity index (χ2n) is 6.43. The van der Waals surface area contributed by atoms with Crippen LogP contribution in [-0.4, -0.2) is 49.3 Å². The van der Waals surface area contributed by atoms with Gasteiger partial charge in [0.1, 0.15) is 5.82 Å². The first kappa shape index (κ1) is 24.1. The zero-order chi connectivity index (χ0) is 23.3. The number of esters is 1. The van der Waals surface area contributed by atoms with Crippen LogP contribution in [0, 0.1) is 9.39 Å². The molecule has 1 heterocycles. The second-order valence-corrected chi connectivity index (χ2v) is 8.60. The summed E-state index contributed by atoms with van der Waals surface area (Å²) in [6.07, 6.45) is 1.75. The number of likely N-dealkylation sites (N-methyl/N-ethyl adjacent to an activating group) is 1. The summed E-state index contributed by atoms with van der Waals surface area (Å²) in [4.78, 5) is 30.8. The molecule has 0 N–H and O–H groups in total. The van der Waals surface area contributed by atoms with Gasteiger partial charge in [0.25, 0.3) is 5.91 Å². The number of nitrogens with zero attached hydrogens (tertiary/aromatic N) is 2. The van der Waals surface area contributed by atoms with Crippen LogP contribution in [0.4, 0.5) is 10.1 Å². The summed E-state index contributed by atoms with van der Waals surface area (Å²) < 4.78 is 29.4. The predicted molar refractivity (Wildman–Crippen MR) is 130 cm³/mol. The van der Waals surface area contributed by atoms with Gasteiger partial charge in [-0.3, -0.25) is 9.69 Å². The number of aliphatic imine (C=N–C) groups is 1. The number of rotatable bonds is 7. The zero-order valence-corrected chi connectivity index (χ0v) is 20.5. The maximum Gasteiger partial charge on any atom is 0.343 e. The number of ether oxygens (including phenoxy) is 3. The molecule has 7 nitrogen and oxygen atoms in total. The van der Waals surface area contributed by atoms with E-state index in [4.69, 9.17) is 9.47 Å². The van der Waals surface area contributed by atoms with Crippen LogP contribution >= 0.6 is 34.4 Å². The summed E-state index contributed by atoms with van der Waals surface area (Å²) in [5.41, 5.74) is 1.29. The molecule has 0 aromatic heterocycles. The monoisotopic (exact) mass is 570 g/mol. The zero-order valence-electron chi connectivity index (χ0n) is 17.6. The van der Waals surface area contributed by atoms with E-state index in [9.17, 15) is 14.0 Å². The number of benzene rings is 2. The van der Waals surface area contributed by atoms with Crippen LogP contribution in [0.2, 0.25) is 0 Å². The molecular formula is C22H20FIN2O5S. The number of hydrogen-bond acceptors (Lipinski definition) is 7. The first-order valence-corrected chi connectivity index (χ1v) is 11.4. The summed E-state index contributed by atoms with van der Waals surface area (Å²) in [6.45, 7) is 2.07. The van der Waals surface area contributed by atoms with Gasteiger partial charge in [-0.15, -0.1) is 0 Å². The molecule has 0 unspecified atom stereocenters. The van der Waals surface area contributed by atoms with Crippen molar-refractivity contribution in [3.05, 3.63) is 56.3 Å². The Morgan fingerprint density at radius 2 is 1.97 bits per heavy atom. The first-order chi connectivity index (χ1) is 15.4. The molecule has 1 aliphatic rings. The number of thioether (sulfide) groups is 1. The van der Waals surface area contributed by atoms with Crippen molar-refractivity contribution in [1.29, 1.82) is 0 Å². The number of amides is 1. The van der Waals surface area contributed by atoms with Gasteiger partial charge >= 0.3 is 5.97 Å². The number of hydrogen-bond donors (Lipinski definition) is 0. The highest BCUT2D eigenvalue weighted by molar-refractivity contribution is 14.1. The maximum absolute atomic E-state index is 13.2. The van der Waals surface area contributed by atoms with Crippen LogP contribution < -0.4 is 9.47 Å². The molecule has 1 fully saturated rings. The van der Waals surface area contributed by atoms with Crippen LogP contribution in [0.1, 0.15) is 12.5 Å². The van der Waals surface area contributed by atoms with E-state index in [1.54, 1.807) is 29.2 Å². The van der Waals surface area contributed by atoms with Crippen molar-refractivity contribution >= 4 is 63.2 Å². The molecule has 0 aliphatic carbocycles. The van der Waals surface area contributed by atoms with Gasteiger partial charge in [-0.05, 0) is 89.3 Å². The third-order valence-electron chi connectivity index (χ3n) is 4.37. The van der Waals surface area contributed by atoms with Crippen LogP contribution in [0.25, 0.3) is 6.08 Å². The highest BCUT2D eigenvalue weighted by atomic mass is 127. The normalized spacial score (nSPS) is 16.0. The summed E-state index contributed by atoms with van der Waals surface area (Å²) in [7, 11) is 2.78. The molecule has 32 heavy (non-hydrogen) atoms. The largest absolute Gasteiger partial charge is 0.493 e. The Morgan fingerprint density at radius 3 is 2.59 bits per heavy atom. The van der Waals surface area contributed by atoms with Gasteiger partial charge < -0.3 is 14.2 Å². The molecule has 2 aromatic rings. The van der Waals surface area contributed by atoms with Gasteiger partial charge in [0.05, 0.1) is 28.4 Å². The number of carbonyl (C=O) groups excluding carboxylic acids is 2. The standard InChI is InChI=1S/C22H20FIN2O5S/c1-4-26-21(28)18(32-22(26)25-15-7-5-14(23)6-8-15)11-13-9-16(24)20(17(10-13)29-2)31-12-19(27)30-3/h5-11H,4,12H2,1-3H3/b18-11+,25-22?. The average molecular weight is 570 g/mol. The Morgan fingerprint density at radius 1 is 1.25 bits per heavy atom. The van der Waals surface area contributed by atoms with E-state index in [0.717, 1.165) is 5.56 Å². The molecule has 0 atom stereocenters. The lowest BCUT2D eigenvalue weighted by Gasteiger charge is -2.13. The van der Waals surface area contributed by atoms with Crippen molar-refractivity contribution in [2.75, 3.05) is 27.4 Å². The van der Waals surface area contributed by atoms with E-state index in [-0.39, 0.29) is 18.3 Å². The Kier molecular flexibility index (Phi) is 8.13. The molecule has 1 aliphatic heterocycles. The lowest BCUT2D eigenvalue weighted by Crippen LogP contribution is -2.28. The maximum atomic E-state index is 13.2. The summed E-state index contributed by atoms with van der Waals surface area (Å²) in [5.74, 6) is -0.178. The molecule has 0 spiro atoms. The van der Waals surface area contributed by atoms with E-state index in [1.807, 2.05) is 13.0 Å². The first-order valence-electron chi connectivity index (χ1n) is 9.49. The van der Waals surface area contributed by atoms with Crippen LogP contribution in [0.3, 0.4) is 0 Å². The molecule has 3 rings (SSSR count). The van der Waals surface area contributed by atoms with Crippen LogP contribution in [0.5, 0.6) is 11.5 Å². The smallest absolute Gasteiger partial charge is 0.343 e. The average Bonchev–Trinajstić information content (AvgIpc) is 3.07. The van der Waals surface area contributed by atoms with E-state index in [2.05, 4.69) is 32.3 Å². The number of halogens is 2. The summed E-state index contributed by atoms with van der Waals surface area (Å²) >= 11 is 3.32. The highest BCUT2D eigenvalue weighted by Crippen LogP contribution is 2.38. The quantitative estimate of drug-likeness (QED) is 0.275. The van der Waals surface area contributed by atoms with E-state index < -0.39 is 5.97 Å². The number of carbonyl (C=O) groups is 2. The molecule has 168 valence electrons. The fourth-order valence-electron chi connectivity index (χ4n) is 2.80. The van der Waals surface area contributed by atoms with Crippen molar-refractivity contribution in [2.24, 2.45) is 4.99 Å². The fourth-order valence-corrected chi connectivity index (χ4v) is 4.64. The highest BCUT2D eigenvalue weighted by Gasteiger charge is 2.32. The molecular weight excluding hydrogens is 550 g/mol. The van der Waals surface area contributed by atoms with E-state index in [0.29, 0.717) is 37.4 Å². The number of amidine groups is 1. The summed E-state index contributed by atoms with van der Waals surface area (Å²) in [6, 6.07) is 9.31. The summed E-state index contributed by atoms with van der Waals surface area (Å²) in [5, 5.41) is 0.523. The van der Waals surface area contributed by atoms with Crippen molar-refractivity contribution in [2.45, 2.75) is 6.92 Å². The molecule has 2 aromatic carbocycles. The third kappa shape index (κ3) is 5.60. The molecule has 1 amide bonds. The van der Waals surface area contributed by atoms with E-state index in [1.165, 1.54) is 38.1 Å². The molecule has 1 saturated heterocycles. The minimum absolute atomic E-state index is 0.168. The number of methoxy groups -OCH3 is 2. The van der Waals surface area contributed by atoms with Gasteiger partial charge in [-0.2, -0.15) is 0 Å². The Bertz CT molecular complexity index is 1090. The van der Waals surface area contributed by atoms with Crippen molar-refractivity contribution in [1.82, 2.24) is 4.90 Å². The molecule has 10 heteroatoms. The van der Waals surface area contributed by atoms with Gasteiger partial charge in [-0.25, -0.2) is 14.2 Å². The van der Waals surface area contributed by atoms with Crippen molar-refractivity contribution in [3.63, 3.8) is 0 Å². The van der Waals surface area contributed by atoms with Gasteiger partial charge in [0.15, 0.2) is 23.3 Å². The van der Waals surface area contributed by atoms with Gasteiger partial charge in [-0.1, -0.05) is 0 Å². The molecule has 0 saturated carbocycles. The van der Waals surface area contributed by atoms with Crippen molar-refractivity contribution < 1.29 is 28.2 Å². The minimum Gasteiger partial charge on any atom is -0.493 e. The van der Waals surface area contributed by atoms with Crippen LogP contribution in [0.15, 0.2) is 46.3 Å². The van der Waals surface area contributed by atoms with Crippen LogP contribution in [-0.2, 0) is 14.3 Å². The Hall–Kier alpha value is -2.60. The Labute approximate surface area is 202 Å². The third-order valence-corrected chi connectivity index (χ3v) is 6.18. The van der Waals surface area contributed by atoms with Crippen molar-refractivity contribution in [3.8, 4) is 11.5 Å². The lowest BCUT2D eigenvalue weighted by molar-refractivity contribution is -0.143. The SMILES string of the molecule is CCN1C(=O)/C(=C\c2cc(I)c(OCC(=O)OC)c(OC)c2)SC1=Nc1ccc(F)cc1. The molecule has 0 radical (unpaired) electrons. The predicted octanol–water partition coefficient (Wildman–Crippen LogP) is 4.61. The van der Waals surface area contributed by atoms with Gasteiger partial charge in [0.2, 0.25) is 0 Å². The minimum atomic E-state index is -0.505.